The number of benzene rings is 1. The zero-order valence-electron chi connectivity index (χ0n) is 12.8. The highest BCUT2D eigenvalue weighted by atomic mass is 16.5. The fourth-order valence-corrected chi connectivity index (χ4v) is 2.95. The molecular weight excluding hydrogens is 270 g/mol. The minimum Gasteiger partial charge on any atom is -0.497 e. The van der Waals surface area contributed by atoms with Crippen molar-refractivity contribution in [3.63, 3.8) is 0 Å². The molecule has 1 fully saturated rings. The summed E-state index contributed by atoms with van der Waals surface area (Å²) in [5.74, 6) is 1.27. The summed E-state index contributed by atoms with van der Waals surface area (Å²) < 4.78 is 10.6. The highest BCUT2D eigenvalue weighted by molar-refractivity contribution is 5.73. The van der Waals surface area contributed by atoms with Gasteiger partial charge < -0.3 is 19.5 Å². The van der Waals surface area contributed by atoms with Gasteiger partial charge in [-0.1, -0.05) is 0 Å². The maximum atomic E-state index is 11.8. The van der Waals surface area contributed by atoms with E-state index < -0.39 is 6.10 Å². The van der Waals surface area contributed by atoms with Gasteiger partial charge in [0.1, 0.15) is 17.6 Å². The molecule has 2 rings (SSSR count). The van der Waals surface area contributed by atoms with E-state index in [1.807, 2.05) is 0 Å². The molecule has 1 heterocycles. The Labute approximate surface area is 125 Å². The van der Waals surface area contributed by atoms with Crippen molar-refractivity contribution in [2.45, 2.75) is 38.3 Å². The van der Waals surface area contributed by atoms with Crippen LogP contribution in [0.4, 0.5) is 0 Å². The van der Waals surface area contributed by atoms with Crippen molar-refractivity contribution in [3.05, 3.63) is 23.8 Å². The van der Waals surface area contributed by atoms with Crippen molar-refractivity contribution < 1.29 is 19.4 Å². The number of methoxy groups -OCH3 is 2. The third-order valence-electron chi connectivity index (χ3n) is 4.07. The van der Waals surface area contributed by atoms with E-state index in [0.29, 0.717) is 23.6 Å². The Balaban J connectivity index is 2.32. The van der Waals surface area contributed by atoms with Gasteiger partial charge in [-0.2, -0.15) is 0 Å². The Hall–Kier alpha value is -1.75. The number of rotatable bonds is 4. The normalized spacial score (nSPS) is 20.0. The van der Waals surface area contributed by atoms with E-state index in [1.165, 1.54) is 0 Å². The topological polar surface area (TPSA) is 59.0 Å². The average Bonchev–Trinajstić information content (AvgIpc) is 2.53. The number of amides is 1. The molecule has 5 heteroatoms. The van der Waals surface area contributed by atoms with Gasteiger partial charge in [-0.25, -0.2) is 0 Å². The van der Waals surface area contributed by atoms with Gasteiger partial charge in [0.05, 0.1) is 20.3 Å². The van der Waals surface area contributed by atoms with Gasteiger partial charge in [-0.3, -0.25) is 4.79 Å². The number of carbonyl (C=O) groups is 1. The molecule has 5 nitrogen and oxygen atoms in total. The maximum Gasteiger partial charge on any atom is 0.219 e. The largest absolute Gasteiger partial charge is 0.497 e. The van der Waals surface area contributed by atoms with E-state index in [-0.39, 0.29) is 11.9 Å². The lowest BCUT2D eigenvalue weighted by Gasteiger charge is -2.38. The zero-order chi connectivity index (χ0) is 15.4. The number of likely N-dealkylation sites (tertiary alicyclic amines) is 1. The second-order valence-electron chi connectivity index (χ2n) is 5.33. The number of ether oxygens (including phenoxy) is 2. The van der Waals surface area contributed by atoms with E-state index in [9.17, 15) is 9.90 Å². The van der Waals surface area contributed by atoms with Crippen molar-refractivity contribution in [3.8, 4) is 11.5 Å². The minimum atomic E-state index is -0.778. The Morgan fingerprint density at radius 2 is 2.10 bits per heavy atom. The predicted octanol–water partition coefficient (Wildman–Crippen LogP) is 2.14. The van der Waals surface area contributed by atoms with E-state index in [1.54, 1.807) is 44.2 Å². The fourth-order valence-electron chi connectivity index (χ4n) is 2.95. The first kappa shape index (κ1) is 15.6. The summed E-state index contributed by atoms with van der Waals surface area (Å²) in [5.41, 5.74) is 0.662. The van der Waals surface area contributed by atoms with E-state index in [4.69, 9.17) is 9.47 Å². The number of aliphatic hydroxyl groups is 1. The molecule has 0 saturated carbocycles. The Bertz CT molecular complexity index is 503. The highest BCUT2D eigenvalue weighted by Gasteiger charge is 2.32. The third-order valence-corrected chi connectivity index (χ3v) is 4.07. The molecule has 116 valence electrons. The smallest absolute Gasteiger partial charge is 0.219 e. The van der Waals surface area contributed by atoms with E-state index in [2.05, 4.69) is 0 Å². The molecule has 21 heavy (non-hydrogen) atoms. The lowest BCUT2D eigenvalue weighted by molar-refractivity contribution is -0.135. The van der Waals surface area contributed by atoms with Crippen LogP contribution in [-0.4, -0.2) is 42.7 Å². The Morgan fingerprint density at radius 1 is 1.33 bits per heavy atom. The van der Waals surface area contributed by atoms with Gasteiger partial charge in [-0.05, 0) is 37.5 Å². The molecule has 0 radical (unpaired) electrons. The maximum absolute atomic E-state index is 11.8. The Morgan fingerprint density at radius 3 is 2.71 bits per heavy atom. The lowest BCUT2D eigenvalue weighted by atomic mass is 9.92. The van der Waals surface area contributed by atoms with E-state index in [0.717, 1.165) is 19.3 Å². The lowest BCUT2D eigenvalue weighted by Crippen LogP contribution is -2.45. The van der Waals surface area contributed by atoms with Crippen LogP contribution in [0.3, 0.4) is 0 Å². The van der Waals surface area contributed by atoms with E-state index >= 15 is 0 Å². The number of piperidine rings is 1. The monoisotopic (exact) mass is 293 g/mol. The van der Waals surface area contributed by atoms with Crippen LogP contribution in [0.5, 0.6) is 11.5 Å². The molecular formula is C16H23NO4. The van der Waals surface area contributed by atoms with Crippen LogP contribution in [0.1, 0.15) is 37.9 Å². The summed E-state index contributed by atoms with van der Waals surface area (Å²) in [4.78, 5) is 13.5. The van der Waals surface area contributed by atoms with Gasteiger partial charge >= 0.3 is 0 Å². The van der Waals surface area contributed by atoms with Crippen LogP contribution in [0.2, 0.25) is 0 Å². The quantitative estimate of drug-likeness (QED) is 0.924. The van der Waals surface area contributed by atoms with Crippen LogP contribution >= 0.6 is 0 Å². The molecule has 1 amide bonds. The summed E-state index contributed by atoms with van der Waals surface area (Å²) in [6, 6.07) is 5.13. The Kier molecular flexibility index (Phi) is 5.07. The van der Waals surface area contributed by atoms with Crippen molar-refractivity contribution >= 4 is 5.91 Å². The molecule has 1 aromatic rings. The molecule has 1 saturated heterocycles. The second kappa shape index (κ2) is 6.80. The number of hydrogen-bond acceptors (Lipinski definition) is 4. The SMILES string of the molecule is COc1ccc(OC)c(C(O)C2CCCCN2C(C)=O)c1. The van der Waals surface area contributed by atoms with Crippen LogP contribution in [0.15, 0.2) is 18.2 Å². The second-order valence-corrected chi connectivity index (χ2v) is 5.33. The van der Waals surface area contributed by atoms with Crippen molar-refractivity contribution in [1.82, 2.24) is 4.90 Å². The summed E-state index contributed by atoms with van der Waals surface area (Å²) in [6.45, 7) is 2.25. The van der Waals surface area contributed by atoms with Gasteiger partial charge in [0.25, 0.3) is 0 Å². The fraction of sp³-hybridized carbons (Fsp3) is 0.562. The third kappa shape index (κ3) is 3.29. The first-order valence-corrected chi connectivity index (χ1v) is 7.25. The number of carbonyl (C=O) groups excluding carboxylic acids is 1. The molecule has 1 aliphatic rings. The van der Waals surface area contributed by atoms with Crippen LogP contribution in [0, 0.1) is 0 Å². The van der Waals surface area contributed by atoms with Crippen molar-refractivity contribution in [1.29, 1.82) is 0 Å². The average molecular weight is 293 g/mol. The van der Waals surface area contributed by atoms with Crippen LogP contribution < -0.4 is 9.47 Å². The predicted molar refractivity (Wildman–Crippen MR) is 79.5 cm³/mol. The standard InChI is InChI=1S/C16H23NO4/c1-11(18)17-9-5-4-6-14(17)16(19)13-10-12(20-2)7-8-15(13)21-3/h7-8,10,14,16,19H,4-6,9H2,1-3H3. The molecule has 2 atom stereocenters. The first-order chi connectivity index (χ1) is 10.1. The zero-order valence-corrected chi connectivity index (χ0v) is 12.8. The molecule has 0 bridgehead atoms. The minimum absolute atomic E-state index is 0.000568. The molecule has 1 aliphatic heterocycles. The summed E-state index contributed by atoms with van der Waals surface area (Å²) >= 11 is 0. The highest BCUT2D eigenvalue weighted by Crippen LogP contribution is 2.35. The molecule has 1 aromatic carbocycles. The number of aliphatic hydroxyl groups excluding tert-OH is 1. The summed E-state index contributed by atoms with van der Waals surface area (Å²) in [6.07, 6.45) is 2.01. The van der Waals surface area contributed by atoms with Crippen molar-refractivity contribution in [2.75, 3.05) is 20.8 Å². The number of hydrogen-bond donors (Lipinski definition) is 1. The summed E-state index contributed by atoms with van der Waals surface area (Å²) in [7, 11) is 3.15. The molecule has 0 aromatic heterocycles. The van der Waals surface area contributed by atoms with Gasteiger partial charge in [0.15, 0.2) is 0 Å². The summed E-state index contributed by atoms with van der Waals surface area (Å²) in [5, 5.41) is 10.8. The molecule has 0 aliphatic carbocycles. The molecule has 1 N–H and O–H groups in total. The van der Waals surface area contributed by atoms with Crippen molar-refractivity contribution in [2.24, 2.45) is 0 Å². The van der Waals surface area contributed by atoms with Gasteiger partial charge in [0.2, 0.25) is 5.91 Å². The van der Waals surface area contributed by atoms with Crippen LogP contribution in [-0.2, 0) is 4.79 Å². The van der Waals surface area contributed by atoms with Gasteiger partial charge in [0, 0.05) is 19.0 Å². The van der Waals surface area contributed by atoms with Gasteiger partial charge in [-0.15, -0.1) is 0 Å². The molecule has 0 spiro atoms. The van der Waals surface area contributed by atoms with Crippen LogP contribution in [0.25, 0.3) is 0 Å². The first-order valence-electron chi connectivity index (χ1n) is 7.25. The molecule has 2 unspecified atom stereocenters. The number of nitrogens with zero attached hydrogens (tertiary/aromatic N) is 1.